The summed E-state index contributed by atoms with van der Waals surface area (Å²) < 4.78 is 13.2. The molecule has 2 aromatic rings. The standard InChI is InChI=1S/C18H20ClFN2O2/c1-10-2-4-11(5-3-10)16-14(17(23)22-18(24)21-16)8-12-6-7-13(20)9-15(12)19/h6-7,9-11H,2-5,8H2,1H3,(H2,21,22,23,24). The van der Waals surface area contributed by atoms with Crippen molar-refractivity contribution < 1.29 is 4.39 Å². The lowest BCUT2D eigenvalue weighted by Crippen LogP contribution is -2.30. The first-order valence-electron chi connectivity index (χ1n) is 8.23. The Hall–Kier alpha value is -1.88. The van der Waals surface area contributed by atoms with Crippen molar-refractivity contribution in [3.63, 3.8) is 0 Å². The van der Waals surface area contributed by atoms with Crippen LogP contribution < -0.4 is 11.2 Å². The lowest BCUT2D eigenvalue weighted by molar-refractivity contribution is 0.342. The summed E-state index contributed by atoms with van der Waals surface area (Å²) >= 11 is 6.10. The van der Waals surface area contributed by atoms with Crippen LogP contribution in [-0.2, 0) is 6.42 Å². The number of halogens is 2. The molecule has 24 heavy (non-hydrogen) atoms. The van der Waals surface area contributed by atoms with Crippen molar-refractivity contribution in [3.8, 4) is 0 Å². The van der Waals surface area contributed by atoms with Crippen LogP contribution in [0.1, 0.15) is 55.3 Å². The Labute approximate surface area is 144 Å². The average molecular weight is 351 g/mol. The molecule has 0 aliphatic heterocycles. The summed E-state index contributed by atoms with van der Waals surface area (Å²) in [4.78, 5) is 29.2. The predicted octanol–water partition coefficient (Wildman–Crippen LogP) is 3.74. The number of rotatable bonds is 3. The Kier molecular flexibility index (Phi) is 4.90. The van der Waals surface area contributed by atoms with E-state index in [-0.39, 0.29) is 17.4 Å². The lowest BCUT2D eigenvalue weighted by Gasteiger charge is -2.27. The van der Waals surface area contributed by atoms with Gasteiger partial charge in [0.05, 0.1) is 0 Å². The average Bonchev–Trinajstić information content (AvgIpc) is 2.52. The van der Waals surface area contributed by atoms with Crippen LogP contribution in [-0.4, -0.2) is 9.97 Å². The van der Waals surface area contributed by atoms with Crippen molar-refractivity contribution >= 4 is 11.6 Å². The first kappa shape index (κ1) is 17.0. The van der Waals surface area contributed by atoms with Crippen LogP contribution >= 0.6 is 11.6 Å². The molecule has 2 N–H and O–H groups in total. The molecule has 0 saturated heterocycles. The highest BCUT2D eigenvalue weighted by molar-refractivity contribution is 6.31. The number of aromatic nitrogens is 2. The fraction of sp³-hybridized carbons (Fsp3) is 0.444. The fourth-order valence-corrected chi connectivity index (χ4v) is 3.69. The van der Waals surface area contributed by atoms with E-state index in [4.69, 9.17) is 11.6 Å². The van der Waals surface area contributed by atoms with Gasteiger partial charge < -0.3 is 4.98 Å². The normalized spacial score (nSPS) is 21.0. The van der Waals surface area contributed by atoms with Crippen molar-refractivity contribution in [1.82, 2.24) is 9.97 Å². The number of benzene rings is 1. The van der Waals surface area contributed by atoms with Gasteiger partial charge in [0, 0.05) is 22.7 Å². The second kappa shape index (κ2) is 6.93. The van der Waals surface area contributed by atoms with Crippen LogP contribution in [0.25, 0.3) is 0 Å². The van der Waals surface area contributed by atoms with Gasteiger partial charge in [0.15, 0.2) is 0 Å². The molecular formula is C18H20ClFN2O2. The molecule has 1 fully saturated rings. The molecule has 6 heteroatoms. The van der Waals surface area contributed by atoms with Crippen LogP contribution in [0, 0.1) is 11.7 Å². The smallest absolute Gasteiger partial charge is 0.311 e. The van der Waals surface area contributed by atoms with E-state index in [0.717, 1.165) is 25.7 Å². The first-order chi connectivity index (χ1) is 11.4. The van der Waals surface area contributed by atoms with Gasteiger partial charge in [-0.15, -0.1) is 0 Å². The molecule has 1 heterocycles. The van der Waals surface area contributed by atoms with E-state index >= 15 is 0 Å². The van der Waals surface area contributed by atoms with Gasteiger partial charge in [0.1, 0.15) is 5.82 Å². The van der Waals surface area contributed by atoms with Crippen LogP contribution in [0.3, 0.4) is 0 Å². The predicted molar refractivity (Wildman–Crippen MR) is 92.3 cm³/mol. The quantitative estimate of drug-likeness (QED) is 0.885. The number of aromatic amines is 2. The lowest BCUT2D eigenvalue weighted by atomic mass is 9.80. The summed E-state index contributed by atoms with van der Waals surface area (Å²) in [6.07, 6.45) is 4.33. The van der Waals surface area contributed by atoms with Crippen LogP contribution in [0.5, 0.6) is 0 Å². The summed E-state index contributed by atoms with van der Waals surface area (Å²) in [7, 11) is 0. The zero-order chi connectivity index (χ0) is 17.3. The number of hydrogen-bond donors (Lipinski definition) is 2. The van der Waals surface area contributed by atoms with Crippen LogP contribution in [0.4, 0.5) is 4.39 Å². The number of nitrogens with one attached hydrogen (secondary N) is 2. The molecule has 0 unspecified atom stereocenters. The van der Waals surface area contributed by atoms with E-state index in [1.807, 2.05) is 0 Å². The summed E-state index contributed by atoms with van der Waals surface area (Å²) in [6, 6.07) is 4.14. The molecular weight excluding hydrogens is 331 g/mol. The topological polar surface area (TPSA) is 65.7 Å². The van der Waals surface area contributed by atoms with Crippen molar-refractivity contribution in [2.75, 3.05) is 0 Å². The third-order valence-corrected chi connectivity index (χ3v) is 5.23. The maximum absolute atomic E-state index is 13.2. The van der Waals surface area contributed by atoms with E-state index in [2.05, 4.69) is 16.9 Å². The molecule has 1 aliphatic rings. The molecule has 0 atom stereocenters. The Bertz CT molecular complexity index is 851. The zero-order valence-corrected chi connectivity index (χ0v) is 14.3. The maximum atomic E-state index is 13.2. The van der Waals surface area contributed by atoms with Crippen molar-refractivity contribution in [2.45, 2.75) is 44.9 Å². The Morgan fingerprint density at radius 2 is 1.88 bits per heavy atom. The molecule has 0 bridgehead atoms. The zero-order valence-electron chi connectivity index (χ0n) is 13.5. The molecule has 0 spiro atoms. The SMILES string of the molecule is CC1CCC(c2[nH]c(=O)[nH]c(=O)c2Cc2ccc(F)cc2Cl)CC1. The van der Waals surface area contributed by atoms with Crippen molar-refractivity contribution in [3.05, 3.63) is 66.7 Å². The molecule has 3 rings (SSSR count). The minimum Gasteiger partial charge on any atom is -0.311 e. The van der Waals surface area contributed by atoms with Gasteiger partial charge in [-0.2, -0.15) is 0 Å². The van der Waals surface area contributed by atoms with E-state index in [1.165, 1.54) is 12.1 Å². The van der Waals surface area contributed by atoms with Crippen molar-refractivity contribution in [1.29, 1.82) is 0 Å². The van der Waals surface area contributed by atoms with Gasteiger partial charge in [-0.05, 0) is 42.4 Å². The van der Waals surface area contributed by atoms with E-state index in [0.29, 0.717) is 22.7 Å². The Morgan fingerprint density at radius 1 is 1.17 bits per heavy atom. The van der Waals surface area contributed by atoms with Crippen LogP contribution in [0.2, 0.25) is 5.02 Å². The molecule has 128 valence electrons. The molecule has 4 nitrogen and oxygen atoms in total. The Balaban J connectivity index is 2.00. The highest BCUT2D eigenvalue weighted by Gasteiger charge is 2.24. The van der Waals surface area contributed by atoms with Gasteiger partial charge in [-0.3, -0.25) is 9.78 Å². The van der Waals surface area contributed by atoms with Gasteiger partial charge in [0.25, 0.3) is 5.56 Å². The van der Waals surface area contributed by atoms with E-state index in [1.54, 1.807) is 6.07 Å². The second-order valence-corrected chi connectivity index (χ2v) is 7.08. The highest BCUT2D eigenvalue weighted by atomic mass is 35.5. The molecule has 0 amide bonds. The summed E-state index contributed by atoms with van der Waals surface area (Å²) in [5.74, 6) is 0.427. The molecule has 0 radical (unpaired) electrons. The molecule has 1 aromatic carbocycles. The summed E-state index contributed by atoms with van der Waals surface area (Å²) in [5.41, 5.74) is 1.01. The largest absolute Gasteiger partial charge is 0.325 e. The monoisotopic (exact) mass is 350 g/mol. The van der Waals surface area contributed by atoms with Crippen molar-refractivity contribution in [2.24, 2.45) is 5.92 Å². The molecule has 1 aliphatic carbocycles. The highest BCUT2D eigenvalue weighted by Crippen LogP contribution is 2.35. The van der Waals surface area contributed by atoms with Gasteiger partial charge in [-0.25, -0.2) is 9.18 Å². The summed E-state index contributed by atoms with van der Waals surface area (Å²) in [6.45, 7) is 2.22. The third-order valence-electron chi connectivity index (χ3n) is 4.88. The van der Waals surface area contributed by atoms with E-state index in [9.17, 15) is 14.0 Å². The first-order valence-corrected chi connectivity index (χ1v) is 8.61. The summed E-state index contributed by atoms with van der Waals surface area (Å²) in [5, 5.41) is 0.281. The van der Waals surface area contributed by atoms with Gasteiger partial charge in [-0.1, -0.05) is 37.4 Å². The fourth-order valence-electron chi connectivity index (χ4n) is 3.46. The Morgan fingerprint density at radius 3 is 2.54 bits per heavy atom. The second-order valence-electron chi connectivity index (χ2n) is 6.67. The third kappa shape index (κ3) is 3.61. The maximum Gasteiger partial charge on any atom is 0.325 e. The minimum absolute atomic E-state index is 0.172. The van der Waals surface area contributed by atoms with Gasteiger partial charge >= 0.3 is 5.69 Å². The number of hydrogen-bond acceptors (Lipinski definition) is 2. The number of H-pyrrole nitrogens is 2. The van der Waals surface area contributed by atoms with Gasteiger partial charge in [0.2, 0.25) is 0 Å². The molecule has 1 saturated carbocycles. The van der Waals surface area contributed by atoms with Crippen LogP contribution in [0.15, 0.2) is 27.8 Å². The minimum atomic E-state index is -0.484. The molecule has 1 aromatic heterocycles. The van der Waals surface area contributed by atoms with E-state index < -0.39 is 17.1 Å².